The van der Waals surface area contributed by atoms with Crippen molar-refractivity contribution in [2.75, 3.05) is 11.9 Å². The normalized spacial score (nSPS) is 12.1. The number of fused-ring (bicyclic) bond motifs is 3. The number of carbonyl (C=O) groups is 3. The van der Waals surface area contributed by atoms with Gasteiger partial charge in [-0.2, -0.15) is 0 Å². The number of hydrogen-bond donors (Lipinski definition) is 2. The molecule has 1 aromatic heterocycles. The Labute approximate surface area is 233 Å². The van der Waals surface area contributed by atoms with Crippen LogP contribution in [0.15, 0.2) is 100 Å². The minimum atomic E-state index is -0.377. The van der Waals surface area contributed by atoms with Gasteiger partial charge in [-0.05, 0) is 12.5 Å². The van der Waals surface area contributed by atoms with E-state index >= 15 is 0 Å². The van der Waals surface area contributed by atoms with Gasteiger partial charge in [0.2, 0.25) is 5.91 Å². The summed E-state index contributed by atoms with van der Waals surface area (Å²) in [6.07, 6.45) is 0.401. The Bertz CT molecular complexity index is 1910. The standard InChI is InChI=1S/C33H23NO7/c35-25-16-20(17-28-31(25)26(36)18-27(41-28)19-8-2-1-3-9-19)40-15-7-14-29(37)34-24-13-6-12-23-30(24)33(39)22-11-5-4-10-21(22)32(23)38/h1-6,8-13,16-18,35H,7,14-15H2,(H,34,37). The first-order valence-electron chi connectivity index (χ1n) is 13.0. The summed E-state index contributed by atoms with van der Waals surface area (Å²) in [5, 5.41) is 13.3. The fraction of sp³-hybridized carbons (Fsp3) is 0.0909. The number of benzene rings is 4. The molecule has 202 valence electrons. The van der Waals surface area contributed by atoms with Crippen molar-refractivity contribution in [1.82, 2.24) is 0 Å². The van der Waals surface area contributed by atoms with E-state index in [0.717, 1.165) is 5.56 Å². The van der Waals surface area contributed by atoms with Crippen molar-refractivity contribution in [3.63, 3.8) is 0 Å². The van der Waals surface area contributed by atoms with Crippen LogP contribution in [0.1, 0.15) is 44.7 Å². The lowest BCUT2D eigenvalue weighted by atomic mass is 9.83. The van der Waals surface area contributed by atoms with Gasteiger partial charge in [-0.3, -0.25) is 19.2 Å². The van der Waals surface area contributed by atoms with Crippen LogP contribution in [-0.4, -0.2) is 29.2 Å². The molecule has 5 aromatic rings. The molecule has 1 aliphatic carbocycles. The maximum Gasteiger partial charge on any atom is 0.224 e. The number of aromatic hydroxyl groups is 1. The number of phenols is 1. The number of rotatable bonds is 7. The molecule has 0 atom stereocenters. The van der Waals surface area contributed by atoms with Crippen LogP contribution >= 0.6 is 0 Å². The summed E-state index contributed by atoms with van der Waals surface area (Å²) < 4.78 is 11.6. The van der Waals surface area contributed by atoms with E-state index in [-0.39, 0.29) is 75.2 Å². The summed E-state index contributed by atoms with van der Waals surface area (Å²) in [6.45, 7) is 0.138. The predicted octanol–water partition coefficient (Wildman–Crippen LogP) is 5.74. The monoisotopic (exact) mass is 545 g/mol. The number of carbonyl (C=O) groups excluding carboxylic acids is 3. The lowest BCUT2D eigenvalue weighted by Gasteiger charge is -2.20. The molecule has 0 unspecified atom stereocenters. The number of ketones is 2. The van der Waals surface area contributed by atoms with Crippen molar-refractivity contribution in [2.24, 2.45) is 0 Å². The quantitative estimate of drug-likeness (QED) is 0.245. The Hall–Kier alpha value is -5.50. The predicted molar refractivity (Wildman–Crippen MR) is 153 cm³/mol. The van der Waals surface area contributed by atoms with E-state index in [1.807, 2.05) is 30.3 Å². The number of hydrogen-bond acceptors (Lipinski definition) is 7. The molecule has 41 heavy (non-hydrogen) atoms. The Morgan fingerprint density at radius 3 is 2.29 bits per heavy atom. The number of amides is 1. The zero-order valence-corrected chi connectivity index (χ0v) is 21.7. The fourth-order valence-corrected chi connectivity index (χ4v) is 4.96. The molecule has 8 heteroatoms. The molecule has 0 bridgehead atoms. The largest absolute Gasteiger partial charge is 0.507 e. The van der Waals surface area contributed by atoms with E-state index < -0.39 is 0 Å². The first kappa shape index (κ1) is 25.8. The van der Waals surface area contributed by atoms with Crippen molar-refractivity contribution < 1.29 is 28.6 Å². The second kappa shape index (κ2) is 10.6. The van der Waals surface area contributed by atoms with Crippen molar-refractivity contribution in [2.45, 2.75) is 12.8 Å². The van der Waals surface area contributed by atoms with Gasteiger partial charge in [0.25, 0.3) is 0 Å². The molecule has 1 amide bonds. The lowest BCUT2D eigenvalue weighted by molar-refractivity contribution is -0.116. The van der Waals surface area contributed by atoms with Gasteiger partial charge < -0.3 is 19.6 Å². The summed E-state index contributed by atoms with van der Waals surface area (Å²) in [5.41, 5.74) is 1.91. The van der Waals surface area contributed by atoms with Gasteiger partial charge in [-0.15, -0.1) is 0 Å². The number of nitrogens with one attached hydrogen (secondary N) is 1. The smallest absolute Gasteiger partial charge is 0.224 e. The number of anilines is 1. The molecule has 0 saturated carbocycles. The number of ether oxygens (including phenoxy) is 1. The highest BCUT2D eigenvalue weighted by Crippen LogP contribution is 2.33. The molecule has 6 rings (SSSR count). The molecule has 0 saturated heterocycles. The van der Waals surface area contributed by atoms with Gasteiger partial charge >= 0.3 is 0 Å². The van der Waals surface area contributed by atoms with E-state index in [2.05, 4.69) is 5.32 Å². The second-order valence-electron chi connectivity index (χ2n) is 9.59. The summed E-state index contributed by atoms with van der Waals surface area (Å²) in [7, 11) is 0. The van der Waals surface area contributed by atoms with E-state index in [9.17, 15) is 24.3 Å². The molecule has 8 nitrogen and oxygen atoms in total. The van der Waals surface area contributed by atoms with Crippen molar-refractivity contribution in [3.8, 4) is 22.8 Å². The summed E-state index contributed by atoms with van der Waals surface area (Å²) in [6, 6.07) is 24.8. The van der Waals surface area contributed by atoms with Crippen LogP contribution in [0.25, 0.3) is 22.3 Å². The zero-order chi connectivity index (χ0) is 28.5. The highest BCUT2D eigenvalue weighted by atomic mass is 16.5. The number of phenolic OH excluding ortho intramolecular Hbond substituents is 1. The molecular formula is C33H23NO7. The Kier molecular flexibility index (Phi) is 6.65. The van der Waals surface area contributed by atoms with Crippen LogP contribution < -0.4 is 15.5 Å². The molecule has 2 N–H and O–H groups in total. The van der Waals surface area contributed by atoms with Gasteiger partial charge in [0.15, 0.2) is 17.0 Å². The highest BCUT2D eigenvalue weighted by Gasteiger charge is 2.31. The zero-order valence-electron chi connectivity index (χ0n) is 21.7. The third kappa shape index (κ3) is 4.87. The van der Waals surface area contributed by atoms with Crippen molar-refractivity contribution in [3.05, 3.63) is 123 Å². The summed E-state index contributed by atoms with van der Waals surface area (Å²) in [4.78, 5) is 51.4. The van der Waals surface area contributed by atoms with E-state index in [1.54, 1.807) is 42.5 Å². The summed E-state index contributed by atoms with van der Waals surface area (Å²) in [5.74, 6) is -0.538. The van der Waals surface area contributed by atoms with Crippen molar-refractivity contribution in [1.29, 1.82) is 0 Å². The molecule has 1 heterocycles. The van der Waals surface area contributed by atoms with Gasteiger partial charge in [0.05, 0.1) is 17.9 Å². The molecule has 0 spiro atoms. The Morgan fingerprint density at radius 2 is 1.51 bits per heavy atom. The average Bonchev–Trinajstić information content (AvgIpc) is 2.98. The molecular weight excluding hydrogens is 522 g/mol. The molecule has 4 aromatic carbocycles. The van der Waals surface area contributed by atoms with Crippen molar-refractivity contribution >= 4 is 34.1 Å². The Balaban J connectivity index is 1.12. The third-order valence-electron chi connectivity index (χ3n) is 6.89. The minimum Gasteiger partial charge on any atom is -0.507 e. The topological polar surface area (TPSA) is 123 Å². The minimum absolute atomic E-state index is 0.0539. The van der Waals surface area contributed by atoms with Gasteiger partial charge in [0, 0.05) is 46.9 Å². The van der Waals surface area contributed by atoms with Crippen LogP contribution in [-0.2, 0) is 4.79 Å². The SMILES string of the molecule is O=C(CCCOc1cc(O)c2c(=O)cc(-c3ccccc3)oc2c1)Nc1cccc2c1C(=O)c1ccccc1C2=O. The molecule has 1 aliphatic rings. The average molecular weight is 546 g/mol. The van der Waals surface area contributed by atoms with Crippen LogP contribution in [0.3, 0.4) is 0 Å². The first-order chi connectivity index (χ1) is 19.9. The molecule has 0 aliphatic heterocycles. The van der Waals surface area contributed by atoms with Crippen LogP contribution in [0.5, 0.6) is 11.5 Å². The van der Waals surface area contributed by atoms with E-state index in [1.165, 1.54) is 18.2 Å². The first-order valence-corrected chi connectivity index (χ1v) is 13.0. The van der Waals surface area contributed by atoms with Gasteiger partial charge in [0.1, 0.15) is 28.2 Å². The van der Waals surface area contributed by atoms with Gasteiger partial charge in [-0.1, -0.05) is 66.7 Å². The Morgan fingerprint density at radius 1 is 0.805 bits per heavy atom. The highest BCUT2D eigenvalue weighted by molar-refractivity contribution is 6.30. The van der Waals surface area contributed by atoms with Crippen LogP contribution in [0.2, 0.25) is 0 Å². The molecule has 0 fully saturated rings. The maximum absolute atomic E-state index is 13.1. The van der Waals surface area contributed by atoms with E-state index in [0.29, 0.717) is 23.3 Å². The van der Waals surface area contributed by atoms with E-state index in [4.69, 9.17) is 9.15 Å². The van der Waals surface area contributed by atoms with Crippen LogP contribution in [0.4, 0.5) is 5.69 Å². The second-order valence-corrected chi connectivity index (χ2v) is 9.59. The summed E-state index contributed by atoms with van der Waals surface area (Å²) >= 11 is 0. The van der Waals surface area contributed by atoms with Gasteiger partial charge in [-0.25, -0.2) is 0 Å². The maximum atomic E-state index is 13.1. The fourth-order valence-electron chi connectivity index (χ4n) is 4.96. The lowest BCUT2D eigenvalue weighted by Crippen LogP contribution is -2.24. The molecule has 0 radical (unpaired) electrons. The van der Waals surface area contributed by atoms with Crippen LogP contribution in [0, 0.1) is 0 Å². The third-order valence-corrected chi connectivity index (χ3v) is 6.89.